The van der Waals surface area contributed by atoms with Gasteiger partial charge >= 0.3 is 0 Å². The molecule has 0 aliphatic carbocycles. The minimum absolute atomic E-state index is 0.209. The van der Waals surface area contributed by atoms with Crippen LogP contribution in [0.25, 0.3) is 54.8 Å². The van der Waals surface area contributed by atoms with Gasteiger partial charge < -0.3 is 10.6 Å². The first-order valence-corrected chi connectivity index (χ1v) is 13.5. The summed E-state index contributed by atoms with van der Waals surface area (Å²) in [5.74, 6) is 0. The van der Waals surface area contributed by atoms with Crippen LogP contribution in [0.5, 0.6) is 0 Å². The quantitative estimate of drug-likeness (QED) is 0.198. The molecular formula is C34H21N5O2. The molecule has 3 aromatic heterocycles. The van der Waals surface area contributed by atoms with Gasteiger partial charge in [-0.15, -0.1) is 0 Å². The molecule has 41 heavy (non-hydrogen) atoms. The average Bonchev–Trinajstić information content (AvgIpc) is 3.62. The van der Waals surface area contributed by atoms with Crippen LogP contribution in [0.1, 0.15) is 11.7 Å². The third-order valence-electron chi connectivity index (χ3n) is 8.26. The zero-order chi connectivity index (χ0) is 27.2. The number of hydrogen-bond acceptors (Lipinski definition) is 5. The van der Waals surface area contributed by atoms with Crippen LogP contribution in [-0.4, -0.2) is 14.0 Å². The number of nitrogens with one attached hydrogen (secondary N) is 2. The molecule has 0 fully saturated rings. The Bertz CT molecular complexity index is 2450. The predicted molar refractivity (Wildman–Crippen MR) is 165 cm³/mol. The SMILES string of the molecule is O=c1c2cccc3c4cc(C5Nc6ccccc6N5)c5nc6ccccc6n5c4cc(c(=O)n1-c1ccccc1)c23. The van der Waals surface area contributed by atoms with Crippen molar-refractivity contribution in [2.24, 2.45) is 0 Å². The number of aromatic nitrogens is 3. The molecule has 0 saturated heterocycles. The number of anilines is 2. The van der Waals surface area contributed by atoms with Crippen molar-refractivity contribution in [3.8, 4) is 5.69 Å². The van der Waals surface area contributed by atoms with Crippen molar-refractivity contribution in [3.63, 3.8) is 0 Å². The summed E-state index contributed by atoms with van der Waals surface area (Å²) in [4.78, 5) is 32.9. The molecule has 8 aromatic rings. The monoisotopic (exact) mass is 531 g/mol. The molecule has 194 valence electrons. The molecule has 1 aliphatic rings. The van der Waals surface area contributed by atoms with E-state index in [-0.39, 0.29) is 17.3 Å². The highest BCUT2D eigenvalue weighted by molar-refractivity contribution is 6.21. The van der Waals surface area contributed by atoms with Crippen molar-refractivity contribution in [1.29, 1.82) is 0 Å². The lowest BCUT2D eigenvalue weighted by atomic mass is 9.97. The second-order valence-corrected chi connectivity index (χ2v) is 10.5. The Kier molecular flexibility index (Phi) is 4.28. The number of rotatable bonds is 2. The summed E-state index contributed by atoms with van der Waals surface area (Å²) in [7, 11) is 0. The molecule has 0 spiro atoms. The topological polar surface area (TPSA) is 80.4 Å². The standard InChI is InChI=1S/C34H21N5O2/c40-33-21-12-8-11-20-22-17-24(31-35-25-13-4-5-14-26(25)36-31)32-37-27-15-6-7-16-28(27)39(32)29(22)18-23(30(20)21)34(41)38(33)19-9-2-1-3-10-19/h1-18,31,35-36H. The summed E-state index contributed by atoms with van der Waals surface area (Å²) in [5.41, 5.74) is 6.43. The molecule has 0 bridgehead atoms. The van der Waals surface area contributed by atoms with Gasteiger partial charge in [-0.1, -0.05) is 54.6 Å². The van der Waals surface area contributed by atoms with E-state index in [0.717, 1.165) is 49.9 Å². The Labute approximate surface area is 232 Å². The van der Waals surface area contributed by atoms with E-state index >= 15 is 0 Å². The molecule has 0 atom stereocenters. The third kappa shape index (κ3) is 2.94. The number of nitrogens with zero attached hydrogens (tertiary/aromatic N) is 3. The smallest absolute Gasteiger partial charge is 0.266 e. The Hall–Kier alpha value is -5.69. The van der Waals surface area contributed by atoms with Crippen molar-refractivity contribution in [3.05, 3.63) is 135 Å². The van der Waals surface area contributed by atoms with Crippen molar-refractivity contribution in [1.82, 2.24) is 14.0 Å². The first-order valence-electron chi connectivity index (χ1n) is 13.5. The molecule has 0 radical (unpaired) electrons. The van der Waals surface area contributed by atoms with Gasteiger partial charge in [0, 0.05) is 21.7 Å². The van der Waals surface area contributed by atoms with Crippen molar-refractivity contribution in [2.45, 2.75) is 6.17 Å². The molecule has 2 N–H and O–H groups in total. The van der Waals surface area contributed by atoms with E-state index < -0.39 is 0 Å². The fourth-order valence-corrected chi connectivity index (χ4v) is 6.45. The Morgan fingerprint density at radius 2 is 1.29 bits per heavy atom. The summed E-state index contributed by atoms with van der Waals surface area (Å²) < 4.78 is 3.43. The molecule has 0 unspecified atom stereocenters. The van der Waals surface area contributed by atoms with Crippen LogP contribution >= 0.6 is 0 Å². The lowest BCUT2D eigenvalue weighted by molar-refractivity contribution is 0.941. The summed E-state index contributed by atoms with van der Waals surface area (Å²) >= 11 is 0. The van der Waals surface area contributed by atoms with Gasteiger partial charge in [0.25, 0.3) is 11.1 Å². The van der Waals surface area contributed by atoms with Crippen LogP contribution in [0.2, 0.25) is 0 Å². The molecule has 7 heteroatoms. The summed E-state index contributed by atoms with van der Waals surface area (Å²) in [5, 5.41) is 10.7. The number of fused-ring (bicyclic) bond motifs is 7. The highest BCUT2D eigenvalue weighted by Gasteiger charge is 2.26. The predicted octanol–water partition coefficient (Wildman–Crippen LogP) is 6.43. The number of hydrogen-bond donors (Lipinski definition) is 2. The maximum Gasteiger partial charge on any atom is 0.266 e. The van der Waals surface area contributed by atoms with E-state index in [1.807, 2.05) is 72.8 Å². The second kappa shape index (κ2) is 7.92. The Morgan fingerprint density at radius 1 is 0.610 bits per heavy atom. The number of imidazole rings is 1. The number of pyridine rings is 2. The fourth-order valence-electron chi connectivity index (χ4n) is 6.45. The van der Waals surface area contributed by atoms with Crippen LogP contribution in [0.3, 0.4) is 0 Å². The highest BCUT2D eigenvalue weighted by atomic mass is 16.2. The first-order chi connectivity index (χ1) is 20.2. The van der Waals surface area contributed by atoms with E-state index in [4.69, 9.17) is 4.98 Å². The lowest BCUT2D eigenvalue weighted by Crippen LogP contribution is -2.31. The van der Waals surface area contributed by atoms with Crippen LogP contribution in [-0.2, 0) is 0 Å². The zero-order valence-electron chi connectivity index (χ0n) is 21.6. The van der Waals surface area contributed by atoms with Gasteiger partial charge in [0.1, 0.15) is 11.8 Å². The second-order valence-electron chi connectivity index (χ2n) is 10.5. The third-order valence-corrected chi connectivity index (χ3v) is 8.26. The van der Waals surface area contributed by atoms with Crippen molar-refractivity contribution < 1.29 is 0 Å². The van der Waals surface area contributed by atoms with Crippen LogP contribution in [0.4, 0.5) is 11.4 Å². The van der Waals surface area contributed by atoms with Crippen LogP contribution in [0, 0.1) is 0 Å². The molecule has 4 heterocycles. The zero-order valence-corrected chi connectivity index (χ0v) is 21.6. The minimum atomic E-state index is -0.331. The number of benzene rings is 5. The van der Waals surface area contributed by atoms with Gasteiger partial charge in [-0.3, -0.25) is 14.0 Å². The summed E-state index contributed by atoms with van der Waals surface area (Å²) in [6.07, 6.45) is -0.209. The van der Waals surface area contributed by atoms with Gasteiger partial charge in [-0.05, 0) is 60.0 Å². The van der Waals surface area contributed by atoms with E-state index in [1.165, 1.54) is 4.57 Å². The van der Waals surface area contributed by atoms with E-state index in [1.54, 1.807) is 12.1 Å². The normalized spacial score (nSPS) is 13.4. The van der Waals surface area contributed by atoms with Gasteiger partial charge in [-0.2, -0.15) is 0 Å². The van der Waals surface area contributed by atoms with Crippen molar-refractivity contribution >= 4 is 60.5 Å². The first kappa shape index (κ1) is 22.2. The molecule has 5 aromatic carbocycles. The molecule has 0 saturated carbocycles. The van der Waals surface area contributed by atoms with Gasteiger partial charge in [0.05, 0.1) is 39.0 Å². The Balaban J connectivity index is 1.46. The molecule has 9 rings (SSSR count). The van der Waals surface area contributed by atoms with Gasteiger partial charge in [0.2, 0.25) is 0 Å². The minimum Gasteiger partial charge on any atom is -0.360 e. The molecule has 1 aliphatic heterocycles. The number of para-hydroxylation sites is 5. The Morgan fingerprint density at radius 3 is 2.10 bits per heavy atom. The maximum atomic E-state index is 14.1. The van der Waals surface area contributed by atoms with Crippen molar-refractivity contribution in [2.75, 3.05) is 10.6 Å². The fraction of sp³-hybridized carbons (Fsp3) is 0.0294. The largest absolute Gasteiger partial charge is 0.360 e. The molecule has 7 nitrogen and oxygen atoms in total. The highest BCUT2D eigenvalue weighted by Crippen LogP contribution is 2.40. The van der Waals surface area contributed by atoms with E-state index in [2.05, 4.69) is 39.3 Å². The van der Waals surface area contributed by atoms with E-state index in [9.17, 15) is 9.59 Å². The van der Waals surface area contributed by atoms with Gasteiger partial charge in [-0.25, -0.2) is 9.55 Å². The van der Waals surface area contributed by atoms with Crippen LogP contribution in [0.15, 0.2) is 119 Å². The lowest BCUT2D eigenvalue weighted by Gasteiger charge is -2.18. The average molecular weight is 532 g/mol. The van der Waals surface area contributed by atoms with E-state index in [0.29, 0.717) is 21.8 Å². The molecule has 0 amide bonds. The summed E-state index contributed by atoms with van der Waals surface area (Å²) in [6, 6.07) is 35.1. The summed E-state index contributed by atoms with van der Waals surface area (Å²) in [6.45, 7) is 0. The van der Waals surface area contributed by atoms with Gasteiger partial charge in [0.15, 0.2) is 0 Å². The van der Waals surface area contributed by atoms with Crippen LogP contribution < -0.4 is 21.8 Å². The maximum absolute atomic E-state index is 14.1. The molecular weight excluding hydrogens is 510 g/mol.